The van der Waals surface area contributed by atoms with Gasteiger partial charge in [0, 0.05) is 24.3 Å². The molecule has 4 nitrogen and oxygen atoms in total. The summed E-state index contributed by atoms with van der Waals surface area (Å²) in [6.45, 7) is 9.48. The highest BCUT2D eigenvalue weighted by Crippen LogP contribution is 2.18. The van der Waals surface area contributed by atoms with Crippen molar-refractivity contribution in [3.05, 3.63) is 18.0 Å². The molecule has 18 heavy (non-hydrogen) atoms. The van der Waals surface area contributed by atoms with Crippen LogP contribution in [0.15, 0.2) is 12.3 Å². The van der Waals surface area contributed by atoms with Crippen molar-refractivity contribution in [1.29, 1.82) is 0 Å². The molecule has 0 aromatic carbocycles. The second-order valence-corrected chi connectivity index (χ2v) is 5.41. The lowest BCUT2D eigenvalue weighted by Crippen LogP contribution is -2.51. The zero-order valence-corrected chi connectivity index (χ0v) is 12.1. The van der Waals surface area contributed by atoms with E-state index in [1.807, 2.05) is 23.9 Å². The smallest absolute Gasteiger partial charge is 0.0613 e. The van der Waals surface area contributed by atoms with E-state index in [0.29, 0.717) is 6.04 Å². The van der Waals surface area contributed by atoms with Crippen LogP contribution >= 0.6 is 0 Å². The largest absolute Gasteiger partial charge is 0.394 e. The molecular formula is C14H27N3O. The topological polar surface area (TPSA) is 50.1 Å². The average molecular weight is 253 g/mol. The maximum Gasteiger partial charge on any atom is 0.0613 e. The second-order valence-electron chi connectivity index (χ2n) is 5.41. The first-order valence-corrected chi connectivity index (χ1v) is 6.90. The monoisotopic (exact) mass is 253 g/mol. The Hall–Kier alpha value is -0.870. The molecule has 1 aromatic rings. The van der Waals surface area contributed by atoms with Gasteiger partial charge in [-0.2, -0.15) is 5.10 Å². The Morgan fingerprint density at radius 1 is 1.50 bits per heavy atom. The highest BCUT2D eigenvalue weighted by molar-refractivity contribution is 4.95. The number of aromatic nitrogens is 2. The van der Waals surface area contributed by atoms with Gasteiger partial charge in [0.25, 0.3) is 0 Å². The summed E-state index contributed by atoms with van der Waals surface area (Å²) in [5.41, 5.74) is 0.912. The van der Waals surface area contributed by atoms with E-state index in [0.717, 1.165) is 31.5 Å². The third-order valence-corrected chi connectivity index (χ3v) is 3.39. The fraction of sp³-hybridized carbons (Fsp3) is 0.786. The molecule has 0 saturated heterocycles. The zero-order chi connectivity index (χ0) is 13.6. The molecular weight excluding hydrogens is 226 g/mol. The molecule has 0 fully saturated rings. The normalized spacial score (nSPS) is 15.0. The summed E-state index contributed by atoms with van der Waals surface area (Å²) in [5.74, 6) is 0. The number of rotatable bonds is 8. The summed E-state index contributed by atoms with van der Waals surface area (Å²) >= 11 is 0. The van der Waals surface area contributed by atoms with Gasteiger partial charge < -0.3 is 10.4 Å². The van der Waals surface area contributed by atoms with E-state index in [9.17, 15) is 5.11 Å². The third kappa shape index (κ3) is 4.42. The summed E-state index contributed by atoms with van der Waals surface area (Å²) in [4.78, 5) is 0. The molecule has 0 aliphatic carbocycles. The molecule has 4 heteroatoms. The van der Waals surface area contributed by atoms with E-state index in [-0.39, 0.29) is 12.1 Å². The molecule has 104 valence electrons. The van der Waals surface area contributed by atoms with Gasteiger partial charge in [0.1, 0.15) is 0 Å². The zero-order valence-electron chi connectivity index (χ0n) is 12.1. The van der Waals surface area contributed by atoms with E-state index in [1.165, 1.54) is 0 Å². The van der Waals surface area contributed by atoms with Crippen molar-refractivity contribution in [2.75, 3.05) is 6.61 Å². The molecule has 1 aromatic heterocycles. The fourth-order valence-corrected chi connectivity index (χ4v) is 2.37. The maximum absolute atomic E-state index is 9.64. The molecule has 0 amide bonds. The number of aryl methyl sites for hydroxylation is 2. The van der Waals surface area contributed by atoms with Crippen LogP contribution in [-0.4, -0.2) is 33.1 Å². The summed E-state index contributed by atoms with van der Waals surface area (Å²) in [6.07, 6.45) is 4.95. The Kier molecular flexibility index (Phi) is 5.82. The van der Waals surface area contributed by atoms with Crippen LogP contribution < -0.4 is 5.32 Å². The molecule has 1 rings (SSSR count). The molecule has 1 unspecified atom stereocenters. The first-order valence-electron chi connectivity index (χ1n) is 6.90. The van der Waals surface area contributed by atoms with E-state index in [1.54, 1.807) is 0 Å². The van der Waals surface area contributed by atoms with Crippen LogP contribution in [0.2, 0.25) is 0 Å². The Balaban J connectivity index is 2.46. The SMILES string of the molecule is CCC(CO)(CCCn1ccc(C)n1)NC(C)C. The molecule has 0 spiro atoms. The Morgan fingerprint density at radius 2 is 2.22 bits per heavy atom. The number of hydrogen-bond donors (Lipinski definition) is 2. The summed E-state index contributed by atoms with van der Waals surface area (Å²) in [6, 6.07) is 2.41. The van der Waals surface area contributed by atoms with E-state index < -0.39 is 0 Å². The molecule has 0 aliphatic heterocycles. The van der Waals surface area contributed by atoms with Gasteiger partial charge in [-0.3, -0.25) is 4.68 Å². The Morgan fingerprint density at radius 3 is 2.67 bits per heavy atom. The number of hydrogen-bond acceptors (Lipinski definition) is 3. The summed E-state index contributed by atoms with van der Waals surface area (Å²) < 4.78 is 1.97. The van der Waals surface area contributed by atoms with Crippen molar-refractivity contribution >= 4 is 0 Å². The quantitative estimate of drug-likeness (QED) is 0.746. The van der Waals surface area contributed by atoms with E-state index in [2.05, 4.69) is 31.2 Å². The van der Waals surface area contributed by atoms with Crippen molar-refractivity contribution < 1.29 is 5.11 Å². The van der Waals surface area contributed by atoms with Gasteiger partial charge in [0.2, 0.25) is 0 Å². The van der Waals surface area contributed by atoms with Crippen LogP contribution in [0.3, 0.4) is 0 Å². The predicted molar refractivity (Wildman–Crippen MR) is 74.6 cm³/mol. The molecule has 0 bridgehead atoms. The molecule has 0 aliphatic rings. The van der Waals surface area contributed by atoms with Crippen LogP contribution in [0.4, 0.5) is 0 Å². The van der Waals surface area contributed by atoms with Crippen molar-refractivity contribution in [2.45, 2.75) is 65.1 Å². The highest BCUT2D eigenvalue weighted by atomic mass is 16.3. The van der Waals surface area contributed by atoms with E-state index >= 15 is 0 Å². The summed E-state index contributed by atoms with van der Waals surface area (Å²) in [5, 5.41) is 17.5. The number of aliphatic hydroxyl groups excluding tert-OH is 1. The van der Waals surface area contributed by atoms with Gasteiger partial charge >= 0.3 is 0 Å². The minimum absolute atomic E-state index is 0.142. The lowest BCUT2D eigenvalue weighted by atomic mass is 9.90. The van der Waals surface area contributed by atoms with Crippen LogP contribution in [0, 0.1) is 6.92 Å². The second kappa shape index (κ2) is 6.90. The maximum atomic E-state index is 9.64. The molecule has 2 N–H and O–H groups in total. The third-order valence-electron chi connectivity index (χ3n) is 3.39. The minimum atomic E-state index is -0.142. The van der Waals surface area contributed by atoms with Gasteiger partial charge in [0.15, 0.2) is 0 Å². The van der Waals surface area contributed by atoms with Crippen LogP contribution in [0.1, 0.15) is 45.7 Å². The Bertz CT molecular complexity index is 343. The van der Waals surface area contributed by atoms with Crippen molar-refractivity contribution in [1.82, 2.24) is 15.1 Å². The number of nitrogens with one attached hydrogen (secondary N) is 1. The van der Waals surface area contributed by atoms with Crippen LogP contribution in [0.25, 0.3) is 0 Å². The standard InChI is InChI=1S/C14H27N3O/c1-5-14(11-18,15-12(2)3)8-6-9-17-10-7-13(4)16-17/h7,10,12,15,18H,5-6,8-9,11H2,1-4H3. The highest BCUT2D eigenvalue weighted by Gasteiger charge is 2.27. The number of aliphatic hydroxyl groups is 1. The predicted octanol–water partition coefficient (Wildman–Crippen LogP) is 2.11. The minimum Gasteiger partial charge on any atom is -0.394 e. The fourth-order valence-electron chi connectivity index (χ4n) is 2.37. The number of nitrogens with zero attached hydrogens (tertiary/aromatic N) is 2. The van der Waals surface area contributed by atoms with Crippen LogP contribution in [0.5, 0.6) is 0 Å². The van der Waals surface area contributed by atoms with E-state index in [4.69, 9.17) is 0 Å². The molecule has 0 saturated carbocycles. The van der Waals surface area contributed by atoms with Crippen LogP contribution in [-0.2, 0) is 6.54 Å². The lowest BCUT2D eigenvalue weighted by Gasteiger charge is -2.34. The van der Waals surface area contributed by atoms with Gasteiger partial charge in [-0.1, -0.05) is 20.8 Å². The van der Waals surface area contributed by atoms with Crippen molar-refractivity contribution in [2.24, 2.45) is 0 Å². The van der Waals surface area contributed by atoms with Gasteiger partial charge in [-0.05, 0) is 32.3 Å². The lowest BCUT2D eigenvalue weighted by molar-refractivity contribution is 0.133. The Labute approximate surface area is 110 Å². The summed E-state index contributed by atoms with van der Waals surface area (Å²) in [7, 11) is 0. The molecule has 1 heterocycles. The average Bonchev–Trinajstić information content (AvgIpc) is 2.73. The first-order chi connectivity index (χ1) is 8.51. The molecule has 1 atom stereocenters. The van der Waals surface area contributed by atoms with Gasteiger partial charge in [-0.15, -0.1) is 0 Å². The van der Waals surface area contributed by atoms with Crippen molar-refractivity contribution in [3.63, 3.8) is 0 Å². The molecule has 0 radical (unpaired) electrons. The van der Waals surface area contributed by atoms with Crippen molar-refractivity contribution in [3.8, 4) is 0 Å². The van der Waals surface area contributed by atoms with Gasteiger partial charge in [0.05, 0.1) is 12.3 Å². The van der Waals surface area contributed by atoms with Gasteiger partial charge in [-0.25, -0.2) is 0 Å². The first kappa shape index (κ1) is 15.2.